The van der Waals surface area contributed by atoms with Crippen LogP contribution in [0.2, 0.25) is 0 Å². The second-order valence-electron chi connectivity index (χ2n) is 6.52. The lowest BCUT2D eigenvalue weighted by Crippen LogP contribution is -2.35. The topological polar surface area (TPSA) is 41.9 Å². The van der Waals surface area contributed by atoms with Crippen LogP contribution in [0.15, 0.2) is 18.2 Å². The quantitative estimate of drug-likeness (QED) is 0.840. The van der Waals surface area contributed by atoms with E-state index in [1.165, 1.54) is 5.56 Å². The van der Waals surface area contributed by atoms with Gasteiger partial charge in [0.25, 0.3) is 0 Å². The summed E-state index contributed by atoms with van der Waals surface area (Å²) in [6.45, 7) is 7.91. The minimum absolute atomic E-state index is 0.123. The monoisotopic (exact) mass is 307 g/mol. The van der Waals surface area contributed by atoms with E-state index >= 15 is 0 Å². The summed E-state index contributed by atoms with van der Waals surface area (Å²) >= 11 is 0. The minimum atomic E-state index is -0.123. The van der Waals surface area contributed by atoms with Gasteiger partial charge in [-0.3, -0.25) is 4.90 Å². The first-order valence-corrected chi connectivity index (χ1v) is 8.28. The van der Waals surface area contributed by atoms with Crippen LogP contribution in [0, 0.1) is 5.92 Å². The molecule has 1 saturated heterocycles. The Hall–Kier alpha value is -1.26. The lowest BCUT2D eigenvalue weighted by Gasteiger charge is -2.29. The van der Waals surface area contributed by atoms with Crippen LogP contribution in [0.1, 0.15) is 38.7 Å². The van der Waals surface area contributed by atoms with Crippen LogP contribution in [-0.2, 0) is 6.54 Å². The van der Waals surface area contributed by atoms with Crippen molar-refractivity contribution in [2.45, 2.75) is 45.8 Å². The first-order chi connectivity index (χ1) is 10.6. The van der Waals surface area contributed by atoms with Gasteiger partial charge < -0.3 is 14.6 Å². The predicted molar refractivity (Wildman–Crippen MR) is 88.5 cm³/mol. The number of aliphatic hydroxyl groups is 1. The van der Waals surface area contributed by atoms with E-state index in [2.05, 4.69) is 30.9 Å². The Balaban J connectivity index is 1.93. The molecule has 0 amide bonds. The van der Waals surface area contributed by atoms with Crippen molar-refractivity contribution in [3.63, 3.8) is 0 Å². The van der Waals surface area contributed by atoms with Crippen LogP contribution in [0.25, 0.3) is 0 Å². The van der Waals surface area contributed by atoms with E-state index in [0.717, 1.165) is 57.0 Å². The van der Waals surface area contributed by atoms with Gasteiger partial charge >= 0.3 is 0 Å². The third-order valence-corrected chi connectivity index (χ3v) is 4.14. The smallest absolute Gasteiger partial charge is 0.161 e. The zero-order chi connectivity index (χ0) is 15.9. The van der Waals surface area contributed by atoms with Crippen molar-refractivity contribution in [1.29, 1.82) is 0 Å². The summed E-state index contributed by atoms with van der Waals surface area (Å²) in [4.78, 5) is 2.38. The molecule has 124 valence electrons. The summed E-state index contributed by atoms with van der Waals surface area (Å²) in [6.07, 6.45) is 2.66. The number of aliphatic hydroxyl groups excluding tert-OH is 1. The summed E-state index contributed by atoms with van der Waals surface area (Å²) in [5.74, 6) is 2.26. The maximum atomic E-state index is 9.57. The third kappa shape index (κ3) is 5.18. The van der Waals surface area contributed by atoms with Crippen LogP contribution < -0.4 is 9.47 Å². The first kappa shape index (κ1) is 17.1. The maximum absolute atomic E-state index is 9.57. The van der Waals surface area contributed by atoms with Crippen LogP contribution in [-0.4, -0.2) is 42.9 Å². The van der Waals surface area contributed by atoms with Gasteiger partial charge in [0, 0.05) is 19.6 Å². The normalized spacial score (nSPS) is 17.0. The highest BCUT2D eigenvalue weighted by atomic mass is 16.5. The van der Waals surface area contributed by atoms with E-state index in [4.69, 9.17) is 9.47 Å². The standard InChI is InChI=1S/C18H29NO3/c1-14(2)8-11-22-17-5-4-15(12-18(17)21-3)13-19-9-6-16(20)7-10-19/h4-5,12,14,16,20H,6-11,13H2,1-3H3. The number of ether oxygens (including phenoxy) is 2. The Kier molecular flexibility index (Phi) is 6.52. The predicted octanol–water partition coefficient (Wildman–Crippen LogP) is 3.08. The van der Waals surface area contributed by atoms with E-state index in [0.29, 0.717) is 5.92 Å². The van der Waals surface area contributed by atoms with Gasteiger partial charge in [0.05, 0.1) is 19.8 Å². The Morgan fingerprint density at radius 1 is 1.23 bits per heavy atom. The van der Waals surface area contributed by atoms with Crippen molar-refractivity contribution < 1.29 is 14.6 Å². The summed E-state index contributed by atoms with van der Waals surface area (Å²) < 4.78 is 11.3. The highest BCUT2D eigenvalue weighted by Gasteiger charge is 2.17. The molecule has 0 radical (unpaired) electrons. The third-order valence-electron chi connectivity index (χ3n) is 4.14. The van der Waals surface area contributed by atoms with E-state index in [9.17, 15) is 5.11 Å². The average molecular weight is 307 g/mol. The number of likely N-dealkylation sites (tertiary alicyclic amines) is 1. The van der Waals surface area contributed by atoms with E-state index < -0.39 is 0 Å². The van der Waals surface area contributed by atoms with Crippen molar-refractivity contribution >= 4 is 0 Å². The van der Waals surface area contributed by atoms with E-state index in [1.54, 1.807) is 7.11 Å². The van der Waals surface area contributed by atoms with Gasteiger partial charge in [-0.1, -0.05) is 19.9 Å². The van der Waals surface area contributed by atoms with Gasteiger partial charge in [-0.2, -0.15) is 0 Å². The van der Waals surface area contributed by atoms with Crippen molar-refractivity contribution in [2.24, 2.45) is 5.92 Å². The Morgan fingerprint density at radius 2 is 1.95 bits per heavy atom. The average Bonchev–Trinajstić information content (AvgIpc) is 2.50. The molecule has 0 spiro atoms. The SMILES string of the molecule is COc1cc(CN2CCC(O)CC2)ccc1OCCC(C)C. The van der Waals surface area contributed by atoms with E-state index in [1.807, 2.05) is 6.07 Å². The molecule has 4 nitrogen and oxygen atoms in total. The van der Waals surface area contributed by atoms with E-state index in [-0.39, 0.29) is 6.10 Å². The second kappa shape index (κ2) is 8.39. The maximum Gasteiger partial charge on any atom is 0.161 e. The van der Waals surface area contributed by atoms with Gasteiger partial charge in [-0.15, -0.1) is 0 Å². The molecular weight excluding hydrogens is 278 g/mol. The van der Waals surface area contributed by atoms with Gasteiger partial charge in [0.15, 0.2) is 11.5 Å². The van der Waals surface area contributed by atoms with Crippen LogP contribution in [0.3, 0.4) is 0 Å². The molecule has 0 bridgehead atoms. The number of hydrogen-bond acceptors (Lipinski definition) is 4. The number of methoxy groups -OCH3 is 1. The van der Waals surface area contributed by atoms with Crippen molar-refractivity contribution in [1.82, 2.24) is 4.90 Å². The molecule has 0 saturated carbocycles. The molecule has 0 aromatic heterocycles. The van der Waals surface area contributed by atoms with Crippen molar-refractivity contribution in [3.8, 4) is 11.5 Å². The Labute approximate surface area is 134 Å². The number of rotatable bonds is 7. The van der Waals surface area contributed by atoms with Crippen LogP contribution in [0.5, 0.6) is 11.5 Å². The number of benzene rings is 1. The molecule has 0 atom stereocenters. The van der Waals surface area contributed by atoms with Gasteiger partial charge in [-0.05, 0) is 42.9 Å². The molecular formula is C18H29NO3. The van der Waals surface area contributed by atoms with Crippen molar-refractivity contribution in [2.75, 3.05) is 26.8 Å². The van der Waals surface area contributed by atoms with Crippen molar-refractivity contribution in [3.05, 3.63) is 23.8 Å². The molecule has 1 aromatic carbocycles. The summed E-state index contributed by atoms with van der Waals surface area (Å²) in [6, 6.07) is 6.18. The zero-order valence-electron chi connectivity index (χ0n) is 14.0. The molecule has 2 rings (SSSR count). The molecule has 0 unspecified atom stereocenters. The second-order valence-corrected chi connectivity index (χ2v) is 6.52. The fourth-order valence-corrected chi connectivity index (χ4v) is 2.67. The number of piperidine rings is 1. The summed E-state index contributed by atoms with van der Waals surface area (Å²) in [5.41, 5.74) is 1.23. The fourth-order valence-electron chi connectivity index (χ4n) is 2.67. The zero-order valence-corrected chi connectivity index (χ0v) is 14.0. The molecule has 1 aromatic rings. The molecule has 1 N–H and O–H groups in total. The van der Waals surface area contributed by atoms with Crippen LogP contribution in [0.4, 0.5) is 0 Å². The molecule has 22 heavy (non-hydrogen) atoms. The molecule has 1 fully saturated rings. The summed E-state index contributed by atoms with van der Waals surface area (Å²) in [7, 11) is 1.69. The number of hydrogen-bond donors (Lipinski definition) is 1. The van der Waals surface area contributed by atoms with Gasteiger partial charge in [0.1, 0.15) is 0 Å². The Morgan fingerprint density at radius 3 is 2.59 bits per heavy atom. The molecule has 1 aliphatic heterocycles. The highest BCUT2D eigenvalue weighted by Crippen LogP contribution is 2.29. The molecule has 0 aliphatic carbocycles. The summed E-state index contributed by atoms with van der Waals surface area (Å²) in [5, 5.41) is 9.57. The Bertz CT molecular complexity index is 454. The molecule has 1 aliphatic rings. The highest BCUT2D eigenvalue weighted by molar-refractivity contribution is 5.43. The largest absolute Gasteiger partial charge is 0.493 e. The van der Waals surface area contributed by atoms with Gasteiger partial charge in [0.2, 0.25) is 0 Å². The van der Waals surface area contributed by atoms with Crippen LogP contribution >= 0.6 is 0 Å². The number of nitrogens with zero attached hydrogens (tertiary/aromatic N) is 1. The lowest BCUT2D eigenvalue weighted by molar-refractivity contribution is 0.0792. The first-order valence-electron chi connectivity index (χ1n) is 8.28. The van der Waals surface area contributed by atoms with Gasteiger partial charge in [-0.25, -0.2) is 0 Å². The molecule has 1 heterocycles. The molecule has 4 heteroatoms. The lowest BCUT2D eigenvalue weighted by atomic mass is 10.1. The minimum Gasteiger partial charge on any atom is -0.493 e. The fraction of sp³-hybridized carbons (Fsp3) is 0.667.